The molecular weight excluding hydrogens is 368 g/mol. The molecule has 0 fully saturated rings. The van der Waals surface area contributed by atoms with E-state index in [1.807, 2.05) is 6.08 Å². The van der Waals surface area contributed by atoms with E-state index in [0.29, 0.717) is 0 Å². The van der Waals surface area contributed by atoms with Crippen molar-refractivity contribution in [2.45, 2.75) is 65.3 Å². The van der Waals surface area contributed by atoms with Crippen molar-refractivity contribution in [1.29, 1.82) is 0 Å². The average Bonchev–Trinajstić information content (AvgIpc) is 2.56. The van der Waals surface area contributed by atoms with Crippen LogP contribution in [0.15, 0.2) is 12.2 Å². The van der Waals surface area contributed by atoms with Crippen molar-refractivity contribution < 1.29 is 33.0 Å². The lowest BCUT2D eigenvalue weighted by atomic mass is 9.58. The van der Waals surface area contributed by atoms with Gasteiger partial charge in [0.05, 0.1) is 25.7 Å². The second-order valence-electron chi connectivity index (χ2n) is 8.80. The highest BCUT2D eigenvalue weighted by molar-refractivity contribution is 6.74. The zero-order chi connectivity index (χ0) is 21.3. The van der Waals surface area contributed by atoms with E-state index in [0.717, 1.165) is 7.11 Å². The van der Waals surface area contributed by atoms with Gasteiger partial charge in [0.25, 0.3) is 0 Å². The highest BCUT2D eigenvalue weighted by atomic mass is 28.4. The maximum Gasteiger partial charge on any atom is 0.515 e. The van der Waals surface area contributed by atoms with Gasteiger partial charge in [-0.15, -0.1) is 0 Å². The summed E-state index contributed by atoms with van der Waals surface area (Å²) < 4.78 is 20.8. The summed E-state index contributed by atoms with van der Waals surface area (Å²) in [6.07, 6.45) is 1.94. The lowest BCUT2D eigenvalue weighted by Crippen LogP contribution is -2.61. The molecule has 27 heavy (non-hydrogen) atoms. The first kappa shape index (κ1) is 23.4. The molecular formula is C19H32O7Si. The summed E-state index contributed by atoms with van der Waals surface area (Å²) in [5.41, 5.74) is -2.74. The van der Waals surface area contributed by atoms with Gasteiger partial charge in [-0.05, 0) is 38.4 Å². The van der Waals surface area contributed by atoms with Gasteiger partial charge in [-0.25, -0.2) is 4.79 Å². The highest BCUT2D eigenvalue weighted by Crippen LogP contribution is 2.52. The van der Waals surface area contributed by atoms with Crippen LogP contribution in [0.1, 0.15) is 41.0 Å². The fraction of sp³-hybridized carbons (Fsp3) is 0.737. The van der Waals surface area contributed by atoms with Crippen molar-refractivity contribution in [3.63, 3.8) is 0 Å². The van der Waals surface area contributed by atoms with E-state index in [9.17, 15) is 14.4 Å². The normalized spacial score (nSPS) is 28.4. The van der Waals surface area contributed by atoms with Crippen LogP contribution in [0.5, 0.6) is 0 Å². The fourth-order valence-corrected chi connectivity index (χ4v) is 4.19. The third-order valence-electron chi connectivity index (χ3n) is 6.18. The predicted molar refractivity (Wildman–Crippen MR) is 103 cm³/mol. The van der Waals surface area contributed by atoms with E-state index in [2.05, 4.69) is 38.6 Å². The lowest BCUT2D eigenvalue weighted by molar-refractivity contribution is -0.182. The van der Waals surface area contributed by atoms with Crippen molar-refractivity contribution in [3.8, 4) is 0 Å². The topological polar surface area (TPSA) is 88.1 Å². The third kappa shape index (κ3) is 4.11. The van der Waals surface area contributed by atoms with Crippen LogP contribution in [0.4, 0.5) is 4.79 Å². The van der Waals surface area contributed by atoms with Crippen molar-refractivity contribution in [2.75, 3.05) is 14.2 Å². The first-order valence-corrected chi connectivity index (χ1v) is 11.8. The number of ether oxygens (including phenoxy) is 3. The van der Waals surface area contributed by atoms with Crippen LogP contribution in [-0.2, 0) is 28.2 Å². The summed E-state index contributed by atoms with van der Waals surface area (Å²) in [4.78, 5) is 37.3. The Kier molecular flexibility index (Phi) is 6.71. The number of hydrogen-bond acceptors (Lipinski definition) is 7. The monoisotopic (exact) mass is 400 g/mol. The molecule has 0 saturated heterocycles. The zero-order valence-electron chi connectivity index (χ0n) is 17.8. The summed E-state index contributed by atoms with van der Waals surface area (Å²) in [6, 6.07) is 0. The van der Waals surface area contributed by atoms with Crippen LogP contribution in [0.3, 0.4) is 0 Å². The van der Waals surface area contributed by atoms with E-state index < -0.39 is 43.3 Å². The van der Waals surface area contributed by atoms with Crippen LogP contribution in [0.2, 0.25) is 18.1 Å². The molecule has 0 bridgehead atoms. The van der Waals surface area contributed by atoms with Crippen molar-refractivity contribution in [1.82, 2.24) is 0 Å². The van der Waals surface area contributed by atoms with Crippen LogP contribution in [0.25, 0.3) is 0 Å². The fourth-order valence-electron chi connectivity index (χ4n) is 2.88. The second-order valence-corrected chi connectivity index (χ2v) is 13.6. The molecule has 0 spiro atoms. The molecule has 8 heteroatoms. The predicted octanol–water partition coefficient (Wildman–Crippen LogP) is 3.83. The summed E-state index contributed by atoms with van der Waals surface area (Å²) in [6.45, 7) is 13.5. The van der Waals surface area contributed by atoms with Gasteiger partial charge in [0.15, 0.2) is 8.32 Å². The first-order chi connectivity index (χ1) is 12.2. The Labute approximate surface area is 162 Å². The van der Waals surface area contributed by atoms with Gasteiger partial charge in [0, 0.05) is 0 Å². The van der Waals surface area contributed by atoms with E-state index in [4.69, 9.17) is 13.9 Å². The van der Waals surface area contributed by atoms with Crippen LogP contribution in [0, 0.1) is 10.8 Å². The molecule has 3 atom stereocenters. The van der Waals surface area contributed by atoms with Crippen molar-refractivity contribution in [3.05, 3.63) is 12.2 Å². The second kappa shape index (κ2) is 7.75. The number of esters is 2. The summed E-state index contributed by atoms with van der Waals surface area (Å²) >= 11 is 0. The van der Waals surface area contributed by atoms with Gasteiger partial charge in [-0.1, -0.05) is 32.9 Å². The molecule has 0 unspecified atom stereocenters. The number of carbonyl (C=O) groups excluding carboxylic acids is 3. The SMILES string of the molecule is COC(=O)OC(=O)[C@]1(C)[C@@H](O[Si](C)(C)C(C)(C)C)C=CC[C@]1(C)C(=O)OC. The van der Waals surface area contributed by atoms with Gasteiger partial charge >= 0.3 is 18.1 Å². The van der Waals surface area contributed by atoms with Crippen LogP contribution < -0.4 is 0 Å². The molecule has 0 amide bonds. The van der Waals surface area contributed by atoms with E-state index in [1.54, 1.807) is 19.9 Å². The summed E-state index contributed by atoms with van der Waals surface area (Å²) in [5.74, 6) is -1.45. The van der Waals surface area contributed by atoms with E-state index in [1.165, 1.54) is 7.11 Å². The molecule has 1 aliphatic rings. The molecule has 1 aliphatic carbocycles. The molecule has 1 rings (SSSR count). The van der Waals surface area contributed by atoms with Gasteiger partial charge in [-0.3, -0.25) is 9.59 Å². The molecule has 154 valence electrons. The third-order valence-corrected chi connectivity index (χ3v) is 10.6. The number of methoxy groups -OCH3 is 2. The number of carbonyl (C=O) groups is 3. The quantitative estimate of drug-likeness (QED) is 0.307. The molecule has 0 aliphatic heterocycles. The zero-order valence-corrected chi connectivity index (χ0v) is 18.8. The molecule has 0 N–H and O–H groups in total. The minimum absolute atomic E-state index is 0.118. The Hall–Kier alpha value is -1.67. The first-order valence-electron chi connectivity index (χ1n) is 8.90. The lowest BCUT2D eigenvalue weighted by Gasteiger charge is -2.50. The van der Waals surface area contributed by atoms with E-state index in [-0.39, 0.29) is 11.5 Å². The standard InChI is InChI=1S/C19H32O7Si/c1-17(2,3)27(8,9)26-13-11-10-12-18(4,14(20)23-6)19(13,5)15(21)25-16(22)24-7/h10-11,13H,12H2,1-9H3/t13-,18+,19-/m0/s1. The van der Waals surface area contributed by atoms with Crippen LogP contribution >= 0.6 is 0 Å². The smallest absolute Gasteiger partial charge is 0.469 e. The maximum atomic E-state index is 13.0. The molecule has 0 heterocycles. The average molecular weight is 401 g/mol. The van der Waals surface area contributed by atoms with Gasteiger partial charge < -0.3 is 18.6 Å². The Balaban J connectivity index is 3.49. The molecule has 0 radical (unpaired) electrons. The van der Waals surface area contributed by atoms with E-state index >= 15 is 0 Å². The molecule has 0 saturated carbocycles. The Morgan fingerprint density at radius 2 is 1.59 bits per heavy atom. The van der Waals surface area contributed by atoms with Crippen molar-refractivity contribution >= 4 is 26.4 Å². The van der Waals surface area contributed by atoms with Gasteiger partial charge in [0.2, 0.25) is 0 Å². The largest absolute Gasteiger partial charge is 0.515 e. The number of allylic oxidation sites excluding steroid dienone is 1. The minimum atomic E-state index is -2.31. The van der Waals surface area contributed by atoms with Crippen LogP contribution in [-0.4, -0.2) is 46.7 Å². The molecule has 0 aromatic heterocycles. The summed E-state index contributed by atoms with van der Waals surface area (Å²) in [7, 11) is 0.0684. The molecule has 7 nitrogen and oxygen atoms in total. The molecule has 0 aromatic carbocycles. The highest BCUT2D eigenvalue weighted by Gasteiger charge is 2.63. The maximum absolute atomic E-state index is 13.0. The van der Waals surface area contributed by atoms with Gasteiger partial charge in [0.1, 0.15) is 5.41 Å². The summed E-state index contributed by atoms with van der Waals surface area (Å²) in [5, 5.41) is -0.118. The number of rotatable bonds is 4. The van der Waals surface area contributed by atoms with Crippen molar-refractivity contribution in [2.24, 2.45) is 10.8 Å². The Bertz CT molecular complexity index is 634. The minimum Gasteiger partial charge on any atom is -0.469 e. The Morgan fingerprint density at radius 3 is 2.04 bits per heavy atom. The van der Waals surface area contributed by atoms with Gasteiger partial charge in [-0.2, -0.15) is 0 Å². The Morgan fingerprint density at radius 1 is 1.04 bits per heavy atom. The molecule has 0 aromatic rings. The number of hydrogen-bond donors (Lipinski definition) is 0.